The summed E-state index contributed by atoms with van der Waals surface area (Å²) in [7, 11) is 0. The summed E-state index contributed by atoms with van der Waals surface area (Å²) in [4.78, 5) is 21.9. The lowest BCUT2D eigenvalue weighted by Crippen LogP contribution is -3.00. The summed E-state index contributed by atoms with van der Waals surface area (Å²) in [5.74, 6) is -0.492. The molecule has 1 aromatic heterocycles. The van der Waals surface area contributed by atoms with Gasteiger partial charge in [0.05, 0.1) is 0 Å². The SMILES string of the molecule is CC(=O)OC(C)OC(=O)[n+]1ccccc1.[Br-]. The van der Waals surface area contributed by atoms with Gasteiger partial charge in [0.15, 0.2) is 12.4 Å². The summed E-state index contributed by atoms with van der Waals surface area (Å²) in [5.41, 5.74) is 0. The van der Waals surface area contributed by atoms with Gasteiger partial charge in [-0.05, 0) is 0 Å². The zero-order valence-electron chi connectivity index (χ0n) is 8.92. The Hall–Kier alpha value is -1.43. The molecule has 0 bridgehead atoms. The van der Waals surface area contributed by atoms with Crippen LogP contribution in [0.2, 0.25) is 0 Å². The smallest absolute Gasteiger partial charge is 0.605 e. The fourth-order valence-electron chi connectivity index (χ4n) is 0.981. The molecule has 1 aromatic rings. The molecule has 0 amide bonds. The Labute approximate surface area is 104 Å². The van der Waals surface area contributed by atoms with Crippen LogP contribution in [-0.4, -0.2) is 18.4 Å². The molecule has 0 spiro atoms. The van der Waals surface area contributed by atoms with Crippen molar-refractivity contribution in [3.63, 3.8) is 0 Å². The van der Waals surface area contributed by atoms with Gasteiger partial charge >= 0.3 is 12.1 Å². The molecule has 1 unspecified atom stereocenters. The standard InChI is InChI=1S/C10H12NO4.BrH/c1-8(12)14-9(2)15-10(13)11-6-4-3-5-7-11;/h3-7,9H,1-2H3;1H/q+1;/p-1. The summed E-state index contributed by atoms with van der Waals surface area (Å²) in [6.45, 7) is 2.72. The number of carbonyl (C=O) groups is 2. The summed E-state index contributed by atoms with van der Waals surface area (Å²) in [6.07, 6.45) is 1.61. The van der Waals surface area contributed by atoms with E-state index < -0.39 is 18.4 Å². The molecule has 5 nitrogen and oxygen atoms in total. The molecule has 0 aliphatic carbocycles. The van der Waals surface area contributed by atoms with Gasteiger partial charge in [-0.3, -0.25) is 4.79 Å². The number of hydrogen-bond donors (Lipinski definition) is 0. The predicted molar refractivity (Wildman–Crippen MR) is 49.7 cm³/mol. The molecule has 16 heavy (non-hydrogen) atoms. The Morgan fingerprint density at radius 1 is 1.12 bits per heavy atom. The van der Waals surface area contributed by atoms with Crippen LogP contribution in [0.25, 0.3) is 0 Å². The highest BCUT2D eigenvalue weighted by Gasteiger charge is 2.20. The molecule has 0 saturated carbocycles. The van der Waals surface area contributed by atoms with Crippen LogP contribution in [0, 0.1) is 0 Å². The summed E-state index contributed by atoms with van der Waals surface area (Å²) >= 11 is 0. The fourth-order valence-corrected chi connectivity index (χ4v) is 0.981. The van der Waals surface area contributed by atoms with Gasteiger partial charge in [-0.25, -0.2) is 0 Å². The van der Waals surface area contributed by atoms with Gasteiger partial charge in [-0.15, -0.1) is 0 Å². The van der Waals surface area contributed by atoms with Gasteiger partial charge in [-0.2, -0.15) is 4.79 Å². The molecule has 0 saturated heterocycles. The lowest BCUT2D eigenvalue weighted by Gasteiger charge is -2.08. The zero-order chi connectivity index (χ0) is 11.3. The Balaban J connectivity index is 0.00000225. The molecule has 0 aromatic carbocycles. The maximum absolute atomic E-state index is 11.4. The monoisotopic (exact) mass is 289 g/mol. The van der Waals surface area contributed by atoms with Gasteiger partial charge in [0, 0.05) is 26.0 Å². The fraction of sp³-hybridized carbons (Fsp3) is 0.300. The molecule has 1 atom stereocenters. The van der Waals surface area contributed by atoms with Crippen LogP contribution in [0.15, 0.2) is 30.6 Å². The van der Waals surface area contributed by atoms with Gasteiger partial charge in [-0.1, -0.05) is 10.6 Å². The van der Waals surface area contributed by atoms with Crippen molar-refractivity contribution in [1.29, 1.82) is 0 Å². The van der Waals surface area contributed by atoms with Gasteiger partial charge in [0.25, 0.3) is 6.29 Å². The molecule has 0 radical (unpaired) electrons. The van der Waals surface area contributed by atoms with Crippen molar-refractivity contribution in [1.82, 2.24) is 0 Å². The third kappa shape index (κ3) is 4.88. The number of aromatic nitrogens is 1. The minimum atomic E-state index is -0.886. The van der Waals surface area contributed by atoms with E-state index in [2.05, 4.69) is 4.74 Å². The predicted octanol–water partition coefficient (Wildman–Crippen LogP) is -2.13. The van der Waals surface area contributed by atoms with Crippen LogP contribution in [0.5, 0.6) is 0 Å². The van der Waals surface area contributed by atoms with E-state index in [1.807, 2.05) is 0 Å². The van der Waals surface area contributed by atoms with Crippen LogP contribution in [0.3, 0.4) is 0 Å². The molecular weight excluding hydrogens is 278 g/mol. The number of esters is 1. The first-order valence-corrected chi connectivity index (χ1v) is 4.44. The van der Waals surface area contributed by atoms with E-state index in [0.29, 0.717) is 0 Å². The van der Waals surface area contributed by atoms with Crippen LogP contribution in [0.4, 0.5) is 4.79 Å². The Morgan fingerprint density at radius 3 is 2.19 bits per heavy atom. The maximum Gasteiger partial charge on any atom is 0.605 e. The zero-order valence-corrected chi connectivity index (χ0v) is 10.5. The van der Waals surface area contributed by atoms with Crippen molar-refractivity contribution < 1.29 is 40.6 Å². The lowest BCUT2D eigenvalue weighted by atomic mass is 10.5. The largest absolute Gasteiger partial charge is 1.00 e. The molecule has 6 heteroatoms. The molecule has 0 N–H and O–H groups in total. The molecule has 0 aliphatic heterocycles. The van der Waals surface area contributed by atoms with Gasteiger partial charge in [0.2, 0.25) is 0 Å². The van der Waals surface area contributed by atoms with E-state index in [-0.39, 0.29) is 17.0 Å². The van der Waals surface area contributed by atoms with Crippen LogP contribution in [-0.2, 0) is 14.3 Å². The topological polar surface area (TPSA) is 56.5 Å². The van der Waals surface area contributed by atoms with E-state index in [1.165, 1.54) is 18.4 Å². The van der Waals surface area contributed by atoms with E-state index >= 15 is 0 Å². The second-order valence-corrected chi connectivity index (χ2v) is 2.84. The van der Waals surface area contributed by atoms with E-state index in [1.54, 1.807) is 30.6 Å². The molecular formula is C10H12BrNO4. The molecule has 0 aliphatic rings. The first-order valence-electron chi connectivity index (χ1n) is 4.44. The third-order valence-corrected chi connectivity index (χ3v) is 1.53. The minimum Gasteiger partial charge on any atom is -1.00 e. The Morgan fingerprint density at radius 2 is 1.69 bits per heavy atom. The summed E-state index contributed by atoms with van der Waals surface area (Å²) in [5, 5.41) is 0. The van der Waals surface area contributed by atoms with Crippen molar-refractivity contribution in [2.75, 3.05) is 0 Å². The van der Waals surface area contributed by atoms with Crippen molar-refractivity contribution in [3.05, 3.63) is 30.6 Å². The van der Waals surface area contributed by atoms with Gasteiger partial charge < -0.3 is 26.5 Å². The van der Waals surface area contributed by atoms with Crippen molar-refractivity contribution in [3.8, 4) is 0 Å². The number of rotatable bonds is 2. The minimum absolute atomic E-state index is 0. The van der Waals surface area contributed by atoms with Crippen molar-refractivity contribution >= 4 is 12.1 Å². The summed E-state index contributed by atoms with van der Waals surface area (Å²) < 4.78 is 10.7. The van der Waals surface area contributed by atoms with Crippen LogP contribution in [0.1, 0.15) is 13.8 Å². The number of hydrogen-bond acceptors (Lipinski definition) is 4. The Bertz CT molecular complexity index is 355. The first-order chi connectivity index (χ1) is 7.09. The average molecular weight is 290 g/mol. The highest BCUT2D eigenvalue weighted by atomic mass is 79.9. The highest BCUT2D eigenvalue weighted by molar-refractivity contribution is 5.66. The van der Waals surface area contributed by atoms with Gasteiger partial charge in [0.1, 0.15) is 0 Å². The number of carbonyl (C=O) groups excluding carboxylic acids is 2. The third-order valence-electron chi connectivity index (χ3n) is 1.53. The lowest BCUT2D eigenvalue weighted by molar-refractivity contribution is -0.588. The van der Waals surface area contributed by atoms with Crippen molar-refractivity contribution in [2.45, 2.75) is 20.1 Å². The van der Waals surface area contributed by atoms with Crippen molar-refractivity contribution in [2.24, 2.45) is 0 Å². The second kappa shape index (κ2) is 6.95. The normalized spacial score (nSPS) is 10.9. The first kappa shape index (κ1) is 14.6. The quantitative estimate of drug-likeness (QED) is 0.355. The van der Waals surface area contributed by atoms with E-state index in [9.17, 15) is 9.59 Å². The Kier molecular flexibility index (Phi) is 6.32. The highest BCUT2D eigenvalue weighted by Crippen LogP contribution is 1.94. The number of pyridine rings is 1. The summed E-state index contributed by atoms with van der Waals surface area (Å²) in [6, 6.07) is 5.16. The van der Waals surface area contributed by atoms with E-state index in [4.69, 9.17) is 4.74 Å². The molecule has 88 valence electrons. The molecule has 1 rings (SSSR count). The number of ether oxygens (including phenoxy) is 2. The van der Waals surface area contributed by atoms with Crippen LogP contribution < -0.4 is 21.5 Å². The average Bonchev–Trinajstić information content (AvgIpc) is 2.17. The van der Waals surface area contributed by atoms with E-state index in [0.717, 1.165) is 0 Å². The second-order valence-electron chi connectivity index (χ2n) is 2.84. The number of nitrogens with zero attached hydrogens (tertiary/aromatic N) is 1. The maximum atomic E-state index is 11.4. The van der Waals surface area contributed by atoms with Crippen LogP contribution >= 0.6 is 0 Å². The molecule has 1 heterocycles. The number of halogens is 1. The molecule has 0 fully saturated rings.